The van der Waals surface area contributed by atoms with Gasteiger partial charge >= 0.3 is 5.97 Å². The molecule has 0 radical (unpaired) electrons. The molecule has 0 bridgehead atoms. The molecular formula is C12H20N2O4. The third-order valence-corrected chi connectivity index (χ3v) is 3.02. The lowest BCUT2D eigenvalue weighted by atomic mass is 10.1. The van der Waals surface area contributed by atoms with Gasteiger partial charge in [0.25, 0.3) is 0 Å². The number of rotatable bonds is 6. The summed E-state index contributed by atoms with van der Waals surface area (Å²) >= 11 is 0. The number of hydrogen-bond donors (Lipinski definition) is 3. The summed E-state index contributed by atoms with van der Waals surface area (Å²) in [6.45, 7) is 6.01. The van der Waals surface area contributed by atoms with Crippen molar-refractivity contribution >= 4 is 17.8 Å². The van der Waals surface area contributed by atoms with Crippen LogP contribution in [0.5, 0.6) is 0 Å². The van der Waals surface area contributed by atoms with Crippen molar-refractivity contribution in [2.45, 2.75) is 39.7 Å². The maximum absolute atomic E-state index is 11.7. The minimum absolute atomic E-state index is 0.293. The van der Waals surface area contributed by atoms with Crippen LogP contribution in [0.15, 0.2) is 0 Å². The Morgan fingerprint density at radius 2 is 1.78 bits per heavy atom. The Morgan fingerprint density at radius 1 is 1.22 bits per heavy atom. The zero-order chi connectivity index (χ0) is 13.9. The molecule has 1 rings (SSSR count). The van der Waals surface area contributed by atoms with Crippen molar-refractivity contribution in [3.05, 3.63) is 0 Å². The van der Waals surface area contributed by atoms with Crippen LogP contribution in [-0.2, 0) is 14.4 Å². The Kier molecular flexibility index (Phi) is 4.32. The summed E-state index contributed by atoms with van der Waals surface area (Å²) in [5.41, 5.74) is -1.30. The highest BCUT2D eigenvalue weighted by Crippen LogP contribution is 2.46. The first-order valence-electron chi connectivity index (χ1n) is 6.11. The molecule has 0 heterocycles. The van der Waals surface area contributed by atoms with Gasteiger partial charge in [-0.15, -0.1) is 0 Å². The van der Waals surface area contributed by atoms with Crippen molar-refractivity contribution < 1.29 is 19.5 Å². The molecule has 1 atom stereocenters. The van der Waals surface area contributed by atoms with Crippen molar-refractivity contribution in [2.24, 2.45) is 11.3 Å². The van der Waals surface area contributed by atoms with Gasteiger partial charge in [-0.2, -0.15) is 0 Å². The minimum Gasteiger partial charge on any atom is -0.480 e. The molecule has 0 saturated heterocycles. The Morgan fingerprint density at radius 3 is 2.17 bits per heavy atom. The summed E-state index contributed by atoms with van der Waals surface area (Å²) in [7, 11) is 0. The van der Waals surface area contributed by atoms with Crippen molar-refractivity contribution in [2.75, 3.05) is 6.54 Å². The molecule has 0 spiro atoms. The largest absolute Gasteiger partial charge is 0.480 e. The molecular weight excluding hydrogens is 236 g/mol. The van der Waals surface area contributed by atoms with E-state index in [1.165, 1.54) is 0 Å². The smallest absolute Gasteiger partial charge is 0.319 e. The lowest BCUT2D eigenvalue weighted by Crippen LogP contribution is -2.49. The van der Waals surface area contributed by atoms with E-state index in [2.05, 4.69) is 10.6 Å². The van der Waals surface area contributed by atoms with Crippen LogP contribution in [0.2, 0.25) is 0 Å². The van der Waals surface area contributed by atoms with E-state index in [1.54, 1.807) is 6.92 Å². The number of carbonyl (C=O) groups is 3. The quantitative estimate of drug-likeness (QED) is 0.588. The molecule has 0 aromatic carbocycles. The summed E-state index contributed by atoms with van der Waals surface area (Å²) in [5.74, 6) is -1.65. The van der Waals surface area contributed by atoms with E-state index >= 15 is 0 Å². The van der Waals surface area contributed by atoms with Crippen LogP contribution in [0.4, 0.5) is 0 Å². The van der Waals surface area contributed by atoms with Gasteiger partial charge in [0.15, 0.2) is 0 Å². The van der Waals surface area contributed by atoms with E-state index in [0.717, 1.165) is 0 Å². The van der Waals surface area contributed by atoms with E-state index < -0.39 is 23.3 Å². The van der Waals surface area contributed by atoms with Gasteiger partial charge < -0.3 is 15.7 Å². The standard InChI is InChI=1S/C12H20N2O4/c1-7(2)6-13-9(15)8(3)14-10(16)12(4-5-12)11(17)18/h7-8H,4-6H2,1-3H3,(H,13,15)(H,14,16)(H,17,18). The summed E-state index contributed by atoms with van der Waals surface area (Å²) in [5, 5.41) is 14.1. The monoisotopic (exact) mass is 256 g/mol. The molecule has 3 N–H and O–H groups in total. The number of carboxylic acid groups (broad SMARTS) is 1. The van der Waals surface area contributed by atoms with Gasteiger partial charge in [0.2, 0.25) is 11.8 Å². The fourth-order valence-electron chi connectivity index (χ4n) is 1.52. The topological polar surface area (TPSA) is 95.5 Å². The van der Waals surface area contributed by atoms with Gasteiger partial charge in [0.1, 0.15) is 11.5 Å². The van der Waals surface area contributed by atoms with Crippen molar-refractivity contribution in [1.82, 2.24) is 10.6 Å². The maximum Gasteiger partial charge on any atom is 0.319 e. The third-order valence-electron chi connectivity index (χ3n) is 3.02. The Balaban J connectivity index is 2.45. The van der Waals surface area contributed by atoms with E-state index in [0.29, 0.717) is 25.3 Å². The van der Waals surface area contributed by atoms with Gasteiger partial charge in [-0.05, 0) is 25.7 Å². The number of carbonyl (C=O) groups excluding carboxylic acids is 2. The number of hydrogen-bond acceptors (Lipinski definition) is 3. The molecule has 6 nitrogen and oxygen atoms in total. The maximum atomic E-state index is 11.7. The van der Waals surface area contributed by atoms with Crippen molar-refractivity contribution in [1.29, 1.82) is 0 Å². The molecule has 1 fully saturated rings. The molecule has 0 aromatic heterocycles. The van der Waals surface area contributed by atoms with E-state index in [-0.39, 0.29) is 5.91 Å². The van der Waals surface area contributed by atoms with Gasteiger partial charge in [-0.3, -0.25) is 14.4 Å². The Bertz CT molecular complexity index is 361. The van der Waals surface area contributed by atoms with E-state index in [4.69, 9.17) is 5.11 Å². The molecule has 1 aliphatic rings. The van der Waals surface area contributed by atoms with Crippen molar-refractivity contribution in [3.63, 3.8) is 0 Å². The van der Waals surface area contributed by atoms with Gasteiger partial charge in [-0.25, -0.2) is 0 Å². The predicted octanol–water partition coefficient (Wildman–Crippen LogP) is 0.128. The summed E-state index contributed by atoms with van der Waals surface area (Å²) in [6, 6.07) is -0.715. The Labute approximate surface area is 106 Å². The molecule has 2 amide bonds. The first-order valence-corrected chi connectivity index (χ1v) is 6.11. The number of aliphatic carboxylic acids is 1. The summed E-state index contributed by atoms with van der Waals surface area (Å²) in [6.07, 6.45) is 0.684. The van der Waals surface area contributed by atoms with Gasteiger partial charge in [-0.1, -0.05) is 13.8 Å². The average molecular weight is 256 g/mol. The second-order valence-corrected chi connectivity index (χ2v) is 5.22. The summed E-state index contributed by atoms with van der Waals surface area (Å²) in [4.78, 5) is 34.3. The SMILES string of the molecule is CC(C)CNC(=O)C(C)NC(=O)C1(C(=O)O)CC1. The van der Waals surface area contributed by atoms with Crippen LogP contribution in [0.3, 0.4) is 0 Å². The normalized spacial score (nSPS) is 18.0. The van der Waals surface area contributed by atoms with Gasteiger partial charge in [0, 0.05) is 6.54 Å². The highest BCUT2D eigenvalue weighted by Gasteiger charge is 2.57. The molecule has 0 aromatic rings. The second kappa shape index (κ2) is 5.37. The lowest BCUT2D eigenvalue weighted by Gasteiger charge is -2.17. The second-order valence-electron chi connectivity index (χ2n) is 5.22. The molecule has 18 heavy (non-hydrogen) atoms. The lowest BCUT2D eigenvalue weighted by molar-refractivity contribution is -0.149. The zero-order valence-corrected chi connectivity index (χ0v) is 10.9. The Hall–Kier alpha value is -1.59. The first-order chi connectivity index (χ1) is 8.29. The van der Waals surface area contributed by atoms with Gasteiger partial charge in [0.05, 0.1) is 0 Å². The van der Waals surface area contributed by atoms with Crippen LogP contribution >= 0.6 is 0 Å². The summed E-state index contributed by atoms with van der Waals surface area (Å²) < 4.78 is 0. The number of nitrogens with one attached hydrogen (secondary N) is 2. The van der Waals surface area contributed by atoms with Crippen LogP contribution in [0.25, 0.3) is 0 Å². The predicted molar refractivity (Wildman–Crippen MR) is 64.8 cm³/mol. The zero-order valence-electron chi connectivity index (χ0n) is 10.9. The van der Waals surface area contributed by atoms with Crippen LogP contribution in [0, 0.1) is 11.3 Å². The molecule has 1 unspecified atom stereocenters. The average Bonchev–Trinajstić information content (AvgIpc) is 3.06. The minimum atomic E-state index is -1.30. The number of amides is 2. The highest BCUT2D eigenvalue weighted by molar-refractivity contribution is 6.06. The van der Waals surface area contributed by atoms with Crippen LogP contribution in [0.1, 0.15) is 33.6 Å². The third kappa shape index (κ3) is 3.21. The van der Waals surface area contributed by atoms with Crippen molar-refractivity contribution in [3.8, 4) is 0 Å². The molecule has 0 aliphatic heterocycles. The molecule has 6 heteroatoms. The van der Waals surface area contributed by atoms with Crippen LogP contribution < -0.4 is 10.6 Å². The molecule has 1 saturated carbocycles. The molecule has 1 aliphatic carbocycles. The number of carboxylic acids is 1. The highest BCUT2D eigenvalue weighted by atomic mass is 16.4. The van der Waals surface area contributed by atoms with Crippen LogP contribution in [-0.4, -0.2) is 35.5 Å². The van der Waals surface area contributed by atoms with E-state index in [9.17, 15) is 14.4 Å². The fourth-order valence-corrected chi connectivity index (χ4v) is 1.52. The first kappa shape index (κ1) is 14.5. The molecule has 102 valence electrons. The fraction of sp³-hybridized carbons (Fsp3) is 0.750. The van der Waals surface area contributed by atoms with E-state index in [1.807, 2.05) is 13.8 Å².